The van der Waals surface area contributed by atoms with Crippen LogP contribution >= 0.6 is 11.8 Å². The largest absolute Gasteiger partial charge is 0.295 e. The van der Waals surface area contributed by atoms with Gasteiger partial charge in [-0.3, -0.25) is 9.59 Å². The van der Waals surface area contributed by atoms with E-state index in [0.717, 1.165) is 5.03 Å². The first-order valence-electron chi connectivity index (χ1n) is 3.35. The summed E-state index contributed by atoms with van der Waals surface area (Å²) in [6.07, 6.45) is 1.98. The van der Waals surface area contributed by atoms with E-state index in [2.05, 4.69) is 4.98 Å². The molecule has 1 rings (SSSR count). The van der Waals surface area contributed by atoms with Crippen LogP contribution in [0.5, 0.6) is 0 Å². The predicted molar refractivity (Wildman–Crippen MR) is 46.0 cm³/mol. The number of hydrogen-bond acceptors (Lipinski definition) is 4. The van der Waals surface area contributed by atoms with Gasteiger partial charge in [0, 0.05) is 6.20 Å². The average molecular weight is 181 g/mol. The molecule has 0 aliphatic rings. The summed E-state index contributed by atoms with van der Waals surface area (Å²) in [6, 6.07) is 5.43. The van der Waals surface area contributed by atoms with Gasteiger partial charge in [0.1, 0.15) is 0 Å². The minimum atomic E-state index is -0.411. The van der Waals surface area contributed by atoms with Crippen molar-refractivity contribution in [3.05, 3.63) is 24.4 Å². The van der Waals surface area contributed by atoms with E-state index < -0.39 is 5.78 Å². The number of ketones is 1. The van der Waals surface area contributed by atoms with Gasteiger partial charge in [-0.1, -0.05) is 17.8 Å². The number of rotatable bonds is 4. The van der Waals surface area contributed by atoms with Crippen LogP contribution in [0.25, 0.3) is 0 Å². The molecule has 0 fully saturated rings. The summed E-state index contributed by atoms with van der Waals surface area (Å²) < 4.78 is 0. The molecule has 3 nitrogen and oxygen atoms in total. The van der Waals surface area contributed by atoms with E-state index in [1.165, 1.54) is 11.8 Å². The van der Waals surface area contributed by atoms with Crippen molar-refractivity contribution < 1.29 is 9.59 Å². The van der Waals surface area contributed by atoms with Crippen LogP contribution in [-0.2, 0) is 9.59 Å². The summed E-state index contributed by atoms with van der Waals surface area (Å²) in [7, 11) is 0. The fraction of sp³-hybridized carbons (Fsp3) is 0.125. The number of nitrogens with zero attached hydrogens (tertiary/aromatic N) is 1. The van der Waals surface area contributed by atoms with Crippen molar-refractivity contribution in [2.45, 2.75) is 5.03 Å². The van der Waals surface area contributed by atoms with Crippen molar-refractivity contribution in [3.8, 4) is 0 Å². The zero-order valence-electron chi connectivity index (χ0n) is 6.27. The Hall–Kier alpha value is -1.16. The molecule has 0 radical (unpaired) electrons. The van der Waals surface area contributed by atoms with Crippen LogP contribution in [0.4, 0.5) is 0 Å². The Kier molecular flexibility index (Phi) is 3.47. The smallest absolute Gasteiger partial charge is 0.205 e. The van der Waals surface area contributed by atoms with Crippen molar-refractivity contribution in [1.82, 2.24) is 4.98 Å². The first-order chi connectivity index (χ1) is 5.83. The molecule has 0 aliphatic heterocycles. The van der Waals surface area contributed by atoms with Gasteiger partial charge in [-0.25, -0.2) is 4.98 Å². The van der Waals surface area contributed by atoms with Crippen molar-refractivity contribution in [1.29, 1.82) is 0 Å². The van der Waals surface area contributed by atoms with Gasteiger partial charge in [0.15, 0.2) is 6.29 Å². The van der Waals surface area contributed by atoms with E-state index in [4.69, 9.17) is 0 Å². The Morgan fingerprint density at radius 1 is 1.58 bits per heavy atom. The molecule has 0 saturated heterocycles. The molecule has 0 aliphatic carbocycles. The number of Topliss-reactive ketones (excluding diaryl/α,β-unsaturated/α-hetero) is 1. The van der Waals surface area contributed by atoms with Crippen LogP contribution in [0.1, 0.15) is 0 Å². The Morgan fingerprint density at radius 2 is 2.42 bits per heavy atom. The maximum Gasteiger partial charge on any atom is 0.205 e. The first kappa shape index (κ1) is 8.93. The zero-order chi connectivity index (χ0) is 8.81. The fourth-order valence-corrected chi connectivity index (χ4v) is 1.28. The molecule has 0 saturated carbocycles. The zero-order valence-corrected chi connectivity index (χ0v) is 7.08. The average Bonchev–Trinajstić information content (AvgIpc) is 2.16. The van der Waals surface area contributed by atoms with E-state index in [0.29, 0.717) is 6.29 Å². The molecule has 1 aromatic rings. The van der Waals surface area contributed by atoms with Gasteiger partial charge < -0.3 is 0 Å². The van der Waals surface area contributed by atoms with Crippen LogP contribution < -0.4 is 0 Å². The second-order valence-electron chi connectivity index (χ2n) is 2.04. The molecule has 0 aromatic carbocycles. The molecule has 1 aromatic heterocycles. The van der Waals surface area contributed by atoms with Crippen molar-refractivity contribution in [3.63, 3.8) is 0 Å². The predicted octanol–water partition coefficient (Wildman–Crippen LogP) is 0.942. The van der Waals surface area contributed by atoms with E-state index in [9.17, 15) is 9.59 Å². The summed E-state index contributed by atoms with van der Waals surface area (Å²) in [5, 5.41) is 0.757. The van der Waals surface area contributed by atoms with Crippen molar-refractivity contribution >= 4 is 23.8 Å². The molecule has 0 N–H and O–H groups in total. The highest BCUT2D eigenvalue weighted by Crippen LogP contribution is 2.12. The van der Waals surface area contributed by atoms with E-state index in [1.807, 2.05) is 6.07 Å². The third-order valence-corrected chi connectivity index (χ3v) is 2.10. The first-order valence-corrected chi connectivity index (χ1v) is 4.33. The Morgan fingerprint density at radius 3 is 3.00 bits per heavy atom. The topological polar surface area (TPSA) is 47.0 Å². The lowest BCUT2D eigenvalue weighted by Gasteiger charge is -1.94. The van der Waals surface area contributed by atoms with Crippen LogP contribution in [0, 0.1) is 0 Å². The fourth-order valence-electron chi connectivity index (χ4n) is 0.612. The summed E-state index contributed by atoms with van der Waals surface area (Å²) in [6.45, 7) is 0. The van der Waals surface area contributed by atoms with Crippen LogP contribution in [0.2, 0.25) is 0 Å². The molecule has 0 unspecified atom stereocenters. The highest BCUT2D eigenvalue weighted by atomic mass is 32.2. The molecule has 62 valence electrons. The number of aldehydes is 1. The van der Waals surface area contributed by atoms with Crippen LogP contribution in [0.3, 0.4) is 0 Å². The number of thioether (sulfide) groups is 1. The molecule has 0 atom stereocenters. The minimum absolute atomic E-state index is 0.167. The van der Waals surface area contributed by atoms with Gasteiger partial charge in [-0.05, 0) is 12.1 Å². The maximum absolute atomic E-state index is 10.6. The minimum Gasteiger partial charge on any atom is -0.295 e. The van der Waals surface area contributed by atoms with Gasteiger partial charge in [0.2, 0.25) is 5.78 Å². The van der Waals surface area contributed by atoms with Gasteiger partial charge >= 0.3 is 0 Å². The van der Waals surface area contributed by atoms with Gasteiger partial charge in [-0.2, -0.15) is 0 Å². The molecule has 12 heavy (non-hydrogen) atoms. The summed E-state index contributed by atoms with van der Waals surface area (Å²) in [5.74, 6) is -0.244. The van der Waals surface area contributed by atoms with Crippen molar-refractivity contribution in [2.75, 3.05) is 5.75 Å². The normalized spacial score (nSPS) is 9.33. The monoisotopic (exact) mass is 181 g/mol. The molecular weight excluding hydrogens is 174 g/mol. The summed E-state index contributed by atoms with van der Waals surface area (Å²) in [4.78, 5) is 24.5. The third-order valence-electron chi connectivity index (χ3n) is 1.13. The van der Waals surface area contributed by atoms with Gasteiger partial charge in [0.05, 0.1) is 10.8 Å². The Bertz CT molecular complexity index is 274. The highest BCUT2D eigenvalue weighted by Gasteiger charge is 2.00. The Labute approximate surface area is 74.2 Å². The molecular formula is C8H7NO2S. The van der Waals surface area contributed by atoms with Gasteiger partial charge in [0.25, 0.3) is 0 Å². The standard InChI is InChI=1S/C8H7NO2S/c10-5-7(11)6-12-8-3-1-2-4-9-8/h1-5H,6H2. The second kappa shape index (κ2) is 4.66. The number of pyridine rings is 1. The second-order valence-corrected chi connectivity index (χ2v) is 3.04. The number of hydrogen-bond donors (Lipinski definition) is 0. The quantitative estimate of drug-likeness (QED) is 0.394. The SMILES string of the molecule is O=CC(=O)CSc1ccccn1. The molecule has 0 bridgehead atoms. The third kappa shape index (κ3) is 2.84. The highest BCUT2D eigenvalue weighted by molar-refractivity contribution is 8.00. The molecule has 4 heteroatoms. The van der Waals surface area contributed by atoms with Crippen LogP contribution in [-0.4, -0.2) is 22.8 Å². The van der Waals surface area contributed by atoms with E-state index in [-0.39, 0.29) is 5.75 Å². The summed E-state index contributed by atoms with van der Waals surface area (Å²) in [5.41, 5.74) is 0. The number of carbonyl (C=O) groups excluding carboxylic acids is 2. The molecule has 1 heterocycles. The number of aromatic nitrogens is 1. The van der Waals surface area contributed by atoms with E-state index in [1.54, 1.807) is 18.3 Å². The lowest BCUT2D eigenvalue weighted by Crippen LogP contribution is -2.01. The maximum atomic E-state index is 10.6. The van der Waals surface area contributed by atoms with E-state index >= 15 is 0 Å². The Balaban J connectivity index is 2.43. The van der Waals surface area contributed by atoms with Crippen LogP contribution in [0.15, 0.2) is 29.4 Å². The van der Waals surface area contributed by atoms with Gasteiger partial charge in [-0.15, -0.1) is 0 Å². The summed E-state index contributed by atoms with van der Waals surface area (Å²) >= 11 is 1.26. The molecule has 0 spiro atoms. The lowest BCUT2D eigenvalue weighted by molar-refractivity contribution is -0.128. The molecule has 0 amide bonds. The van der Waals surface area contributed by atoms with Crippen molar-refractivity contribution in [2.24, 2.45) is 0 Å². The number of carbonyl (C=O) groups is 2. The lowest BCUT2D eigenvalue weighted by atomic mass is 10.5.